The third-order valence-electron chi connectivity index (χ3n) is 0.800. The number of para-hydroxylation sites is 1. The van der Waals surface area contributed by atoms with Crippen LogP contribution < -0.4 is 11.0 Å². The van der Waals surface area contributed by atoms with E-state index < -0.39 is 0 Å². The maximum absolute atomic E-state index is 5.36. The van der Waals surface area contributed by atoms with Crippen molar-refractivity contribution in [1.29, 1.82) is 0 Å². The van der Waals surface area contributed by atoms with Gasteiger partial charge in [-0.25, -0.2) is 5.25 Å². The minimum absolute atomic E-state index is 0.822. The summed E-state index contributed by atoms with van der Waals surface area (Å²) in [5.41, 5.74) is 6.18. The molecule has 0 aliphatic rings. The first kappa shape index (κ1) is 8.27. The Morgan fingerprint density at radius 2 is 1.44 bits per heavy atom. The Labute approximate surface area is 59.5 Å². The molecule has 0 unspecified atom stereocenters. The van der Waals surface area contributed by atoms with Crippen molar-refractivity contribution in [2.75, 3.05) is 5.73 Å². The molecule has 50 valence electrons. The summed E-state index contributed by atoms with van der Waals surface area (Å²) < 4.78 is 0. The molecule has 0 saturated heterocycles. The van der Waals surface area contributed by atoms with E-state index in [0.29, 0.717) is 0 Å². The second-order valence-corrected chi connectivity index (χ2v) is 1.41. The summed E-state index contributed by atoms with van der Waals surface area (Å²) >= 11 is 4.14. The highest BCUT2D eigenvalue weighted by molar-refractivity contribution is 6.11. The van der Waals surface area contributed by atoms with Crippen molar-refractivity contribution >= 4 is 17.5 Å². The average molecular weight is 145 g/mol. The van der Waals surface area contributed by atoms with Gasteiger partial charge in [-0.1, -0.05) is 18.2 Å². The minimum Gasteiger partial charge on any atom is -0.399 e. The van der Waals surface area contributed by atoms with E-state index in [1.54, 1.807) is 0 Å². The summed E-state index contributed by atoms with van der Waals surface area (Å²) in [5.74, 6) is 0. The minimum atomic E-state index is 0.822. The number of nitrogens with two attached hydrogens (primary N) is 2. The van der Waals surface area contributed by atoms with Gasteiger partial charge in [-0.15, -0.1) is 0 Å². The first-order valence-electron chi connectivity index (χ1n) is 2.42. The van der Waals surface area contributed by atoms with Gasteiger partial charge in [0.05, 0.1) is 0 Å². The molecule has 1 rings (SSSR count). The van der Waals surface area contributed by atoms with Gasteiger partial charge in [0.25, 0.3) is 0 Å². The smallest absolute Gasteiger partial charge is 0.0313 e. The zero-order valence-corrected chi connectivity index (χ0v) is 5.68. The van der Waals surface area contributed by atoms with Crippen LogP contribution in [0.25, 0.3) is 0 Å². The summed E-state index contributed by atoms with van der Waals surface area (Å²) in [5, 5.41) is 3.97. The van der Waals surface area contributed by atoms with Crippen LogP contribution in [-0.2, 0) is 0 Å². The number of anilines is 1. The molecule has 2 nitrogen and oxygen atoms in total. The van der Waals surface area contributed by atoms with Crippen molar-refractivity contribution in [3.8, 4) is 0 Å². The van der Waals surface area contributed by atoms with Crippen LogP contribution in [0.2, 0.25) is 0 Å². The standard InChI is InChI=1S/C6H7N.ClH2N/c7-6-4-2-1-3-5-6;1-2/h1-5H,7H2;2H2. The van der Waals surface area contributed by atoms with Crippen molar-refractivity contribution < 1.29 is 0 Å². The van der Waals surface area contributed by atoms with E-state index in [0.717, 1.165) is 5.69 Å². The van der Waals surface area contributed by atoms with Crippen LogP contribution in [0, 0.1) is 0 Å². The molecule has 4 N–H and O–H groups in total. The Bertz CT molecular complexity index is 141. The molecule has 1 aromatic rings. The van der Waals surface area contributed by atoms with E-state index in [-0.39, 0.29) is 0 Å². The molecule has 0 aromatic heterocycles. The maximum atomic E-state index is 5.36. The van der Waals surface area contributed by atoms with E-state index in [4.69, 9.17) is 5.73 Å². The summed E-state index contributed by atoms with van der Waals surface area (Å²) in [6.45, 7) is 0. The Hall–Kier alpha value is -0.730. The lowest BCUT2D eigenvalue weighted by Crippen LogP contribution is -1.79. The van der Waals surface area contributed by atoms with Gasteiger partial charge in [-0.2, -0.15) is 0 Å². The van der Waals surface area contributed by atoms with Gasteiger partial charge in [0.15, 0.2) is 0 Å². The molecule has 0 amide bonds. The monoisotopic (exact) mass is 144 g/mol. The Balaban J connectivity index is 0.000000291. The molecule has 0 atom stereocenters. The SMILES string of the molecule is NCl.Nc1ccccc1. The van der Waals surface area contributed by atoms with E-state index in [1.807, 2.05) is 30.3 Å². The molecule has 3 heteroatoms. The summed E-state index contributed by atoms with van der Waals surface area (Å²) in [7, 11) is 0. The highest BCUT2D eigenvalue weighted by atomic mass is 35.5. The topological polar surface area (TPSA) is 52.0 Å². The molecule has 0 bridgehead atoms. The number of rotatable bonds is 0. The fourth-order valence-electron chi connectivity index (χ4n) is 0.453. The van der Waals surface area contributed by atoms with Crippen LogP contribution in [0.4, 0.5) is 5.69 Å². The second-order valence-electron chi connectivity index (χ2n) is 1.41. The van der Waals surface area contributed by atoms with E-state index in [1.165, 1.54) is 0 Å². The fourth-order valence-corrected chi connectivity index (χ4v) is 0.453. The van der Waals surface area contributed by atoms with E-state index in [2.05, 4.69) is 17.0 Å². The van der Waals surface area contributed by atoms with E-state index >= 15 is 0 Å². The highest BCUT2D eigenvalue weighted by Crippen LogP contribution is 1.95. The molecular weight excluding hydrogens is 136 g/mol. The molecule has 0 aliphatic carbocycles. The predicted octanol–water partition coefficient (Wildman–Crippen LogP) is 1.37. The largest absolute Gasteiger partial charge is 0.399 e. The molecule has 0 fully saturated rings. The van der Waals surface area contributed by atoms with Crippen LogP contribution >= 0.6 is 11.8 Å². The molecule has 9 heavy (non-hydrogen) atoms. The van der Waals surface area contributed by atoms with E-state index in [9.17, 15) is 0 Å². The van der Waals surface area contributed by atoms with Gasteiger partial charge in [0.2, 0.25) is 0 Å². The lowest BCUT2D eigenvalue weighted by atomic mass is 10.3. The molecule has 0 saturated carbocycles. The van der Waals surface area contributed by atoms with Gasteiger partial charge in [-0.05, 0) is 23.9 Å². The maximum Gasteiger partial charge on any atom is 0.0313 e. The van der Waals surface area contributed by atoms with Crippen molar-refractivity contribution in [1.82, 2.24) is 0 Å². The summed E-state index contributed by atoms with van der Waals surface area (Å²) in [4.78, 5) is 0. The van der Waals surface area contributed by atoms with Crippen molar-refractivity contribution in [2.45, 2.75) is 0 Å². The molecule has 1 aromatic carbocycles. The molecule has 0 radical (unpaired) electrons. The number of nitrogen functional groups attached to an aromatic ring is 1. The third kappa shape index (κ3) is 3.82. The number of benzene rings is 1. The molecule has 0 heterocycles. The molecule has 0 spiro atoms. The van der Waals surface area contributed by atoms with Crippen LogP contribution in [0.15, 0.2) is 30.3 Å². The van der Waals surface area contributed by atoms with Crippen LogP contribution in [0.1, 0.15) is 0 Å². The van der Waals surface area contributed by atoms with Gasteiger partial charge in [0, 0.05) is 5.69 Å². The van der Waals surface area contributed by atoms with Crippen LogP contribution in [-0.4, -0.2) is 0 Å². The first-order valence-corrected chi connectivity index (χ1v) is 2.85. The third-order valence-corrected chi connectivity index (χ3v) is 0.800. The highest BCUT2D eigenvalue weighted by Gasteiger charge is 1.72. The molecule has 0 aliphatic heterocycles. The number of halogens is 1. The Morgan fingerprint density at radius 1 is 1.00 bits per heavy atom. The zero-order chi connectivity index (χ0) is 7.11. The van der Waals surface area contributed by atoms with Crippen molar-refractivity contribution in [2.24, 2.45) is 5.25 Å². The van der Waals surface area contributed by atoms with Crippen LogP contribution in [0.3, 0.4) is 0 Å². The quantitative estimate of drug-likeness (QED) is 0.427. The lowest BCUT2D eigenvalue weighted by molar-refractivity contribution is 1.69. The Kier molecular flexibility index (Phi) is 4.97. The van der Waals surface area contributed by atoms with Crippen LogP contribution in [0.5, 0.6) is 0 Å². The summed E-state index contributed by atoms with van der Waals surface area (Å²) in [6.07, 6.45) is 0. The van der Waals surface area contributed by atoms with Crippen molar-refractivity contribution in [3.05, 3.63) is 30.3 Å². The number of hydrogen-bond acceptors (Lipinski definition) is 2. The van der Waals surface area contributed by atoms with Crippen molar-refractivity contribution in [3.63, 3.8) is 0 Å². The molecular formula is C6H9ClN2. The normalized spacial score (nSPS) is 7.33. The zero-order valence-electron chi connectivity index (χ0n) is 4.92. The first-order chi connectivity index (χ1) is 4.39. The summed E-state index contributed by atoms with van der Waals surface area (Å²) in [6, 6.07) is 9.49. The fraction of sp³-hybridized carbons (Fsp3) is 0. The Morgan fingerprint density at radius 3 is 1.67 bits per heavy atom. The number of hydrogen-bond donors (Lipinski definition) is 2. The van der Waals surface area contributed by atoms with Gasteiger partial charge < -0.3 is 5.73 Å². The average Bonchev–Trinajstić information content (AvgIpc) is 1.94. The van der Waals surface area contributed by atoms with Gasteiger partial charge in [0.1, 0.15) is 0 Å². The predicted molar refractivity (Wildman–Crippen MR) is 40.9 cm³/mol. The lowest BCUT2D eigenvalue weighted by Gasteiger charge is -1.83. The second kappa shape index (κ2) is 5.41. The van der Waals surface area contributed by atoms with Gasteiger partial charge in [-0.3, -0.25) is 0 Å². The van der Waals surface area contributed by atoms with Gasteiger partial charge >= 0.3 is 0 Å².